The zero-order valence-corrected chi connectivity index (χ0v) is 14.3. The summed E-state index contributed by atoms with van der Waals surface area (Å²) in [7, 11) is 0. The summed E-state index contributed by atoms with van der Waals surface area (Å²) in [5, 5.41) is 3.01. The van der Waals surface area contributed by atoms with E-state index >= 15 is 0 Å². The zero-order valence-electron chi connectivity index (χ0n) is 14.3. The van der Waals surface area contributed by atoms with Gasteiger partial charge in [-0.2, -0.15) is 0 Å². The van der Waals surface area contributed by atoms with Crippen LogP contribution in [0.15, 0.2) is 24.3 Å². The summed E-state index contributed by atoms with van der Waals surface area (Å²) in [5.74, 6) is 1.45. The van der Waals surface area contributed by atoms with Gasteiger partial charge in [0.2, 0.25) is 0 Å². The molecule has 0 spiro atoms. The van der Waals surface area contributed by atoms with Gasteiger partial charge in [-0.3, -0.25) is 0 Å². The highest BCUT2D eigenvalue weighted by molar-refractivity contribution is 5.89. The number of hydrogen-bond acceptors (Lipinski definition) is 1. The summed E-state index contributed by atoms with van der Waals surface area (Å²) >= 11 is 0. The lowest BCUT2D eigenvalue weighted by molar-refractivity contribution is 0.196. The van der Waals surface area contributed by atoms with Crippen molar-refractivity contribution in [1.29, 1.82) is 0 Å². The first-order chi connectivity index (χ1) is 9.79. The number of carbonyl (C=O) groups excluding carboxylic acids is 1. The maximum Gasteiger partial charge on any atom is 0.321 e. The smallest absolute Gasteiger partial charge is 0.321 e. The molecular formula is C18H30N2O. The van der Waals surface area contributed by atoms with Crippen LogP contribution in [0.1, 0.15) is 53.0 Å². The molecule has 3 nitrogen and oxygen atoms in total. The van der Waals surface area contributed by atoms with E-state index in [0.717, 1.165) is 18.8 Å². The number of nitrogens with zero attached hydrogens (tertiary/aromatic N) is 1. The largest absolute Gasteiger partial charge is 0.324 e. The fourth-order valence-corrected chi connectivity index (χ4v) is 2.28. The van der Waals surface area contributed by atoms with Gasteiger partial charge in [0, 0.05) is 18.8 Å². The van der Waals surface area contributed by atoms with Crippen molar-refractivity contribution in [1.82, 2.24) is 4.90 Å². The molecule has 0 fully saturated rings. The van der Waals surface area contributed by atoms with Crippen molar-refractivity contribution in [3.8, 4) is 0 Å². The Morgan fingerprint density at radius 2 is 1.43 bits per heavy atom. The molecule has 1 N–H and O–H groups in total. The van der Waals surface area contributed by atoms with Crippen LogP contribution in [0.4, 0.5) is 10.5 Å². The Balaban J connectivity index is 2.71. The van der Waals surface area contributed by atoms with E-state index in [4.69, 9.17) is 0 Å². The molecule has 21 heavy (non-hydrogen) atoms. The van der Waals surface area contributed by atoms with Gasteiger partial charge in [0.25, 0.3) is 0 Å². The molecule has 0 heterocycles. The van der Waals surface area contributed by atoms with Crippen LogP contribution >= 0.6 is 0 Å². The van der Waals surface area contributed by atoms with E-state index in [1.165, 1.54) is 5.56 Å². The molecule has 118 valence electrons. The maximum absolute atomic E-state index is 12.4. The molecule has 2 amide bonds. The second-order valence-electron chi connectivity index (χ2n) is 6.90. The summed E-state index contributed by atoms with van der Waals surface area (Å²) in [5.41, 5.74) is 2.15. The molecule has 1 aromatic carbocycles. The van der Waals surface area contributed by atoms with Gasteiger partial charge in [-0.05, 0) is 35.4 Å². The first-order valence-electron chi connectivity index (χ1n) is 7.95. The van der Waals surface area contributed by atoms with Gasteiger partial charge in [-0.1, -0.05) is 53.7 Å². The lowest BCUT2D eigenvalue weighted by Gasteiger charge is -2.26. The van der Waals surface area contributed by atoms with E-state index in [0.29, 0.717) is 17.8 Å². The number of hydrogen-bond donors (Lipinski definition) is 1. The lowest BCUT2D eigenvalue weighted by Crippen LogP contribution is -2.39. The maximum atomic E-state index is 12.4. The van der Waals surface area contributed by atoms with Gasteiger partial charge < -0.3 is 10.2 Å². The van der Waals surface area contributed by atoms with Crippen molar-refractivity contribution in [2.45, 2.75) is 47.5 Å². The fraction of sp³-hybridized carbons (Fsp3) is 0.611. The summed E-state index contributed by atoms with van der Waals surface area (Å²) in [6.45, 7) is 14.5. The molecule has 0 aliphatic heterocycles. The number of anilines is 1. The van der Waals surface area contributed by atoms with E-state index in [9.17, 15) is 4.79 Å². The second-order valence-corrected chi connectivity index (χ2v) is 6.90. The van der Waals surface area contributed by atoms with Crippen molar-refractivity contribution in [2.75, 3.05) is 18.4 Å². The average Bonchev–Trinajstić information content (AvgIpc) is 2.37. The summed E-state index contributed by atoms with van der Waals surface area (Å²) in [6.07, 6.45) is 0. The normalized spacial score (nSPS) is 11.3. The van der Waals surface area contributed by atoms with Crippen LogP contribution in [0.2, 0.25) is 0 Å². The van der Waals surface area contributed by atoms with E-state index < -0.39 is 0 Å². The number of carbonyl (C=O) groups is 1. The first-order valence-corrected chi connectivity index (χ1v) is 7.95. The van der Waals surface area contributed by atoms with Gasteiger partial charge in [0.05, 0.1) is 0 Å². The van der Waals surface area contributed by atoms with Crippen LogP contribution in [-0.2, 0) is 0 Å². The Morgan fingerprint density at radius 3 is 1.81 bits per heavy atom. The summed E-state index contributed by atoms with van der Waals surface area (Å²) in [6, 6.07) is 8.12. The Hall–Kier alpha value is -1.51. The quantitative estimate of drug-likeness (QED) is 0.789. The highest BCUT2D eigenvalue weighted by atomic mass is 16.2. The van der Waals surface area contributed by atoms with E-state index in [2.05, 4.69) is 59.0 Å². The third-order valence-corrected chi connectivity index (χ3v) is 3.29. The van der Waals surface area contributed by atoms with Crippen molar-refractivity contribution >= 4 is 11.7 Å². The van der Waals surface area contributed by atoms with Gasteiger partial charge in [0.15, 0.2) is 0 Å². The number of amides is 2. The van der Waals surface area contributed by atoms with Crippen LogP contribution in [0, 0.1) is 11.8 Å². The zero-order chi connectivity index (χ0) is 16.0. The van der Waals surface area contributed by atoms with E-state index in [-0.39, 0.29) is 6.03 Å². The minimum absolute atomic E-state index is 0.00491. The van der Waals surface area contributed by atoms with Crippen molar-refractivity contribution in [3.63, 3.8) is 0 Å². The molecule has 0 saturated carbocycles. The third kappa shape index (κ3) is 6.19. The number of rotatable bonds is 6. The average molecular weight is 290 g/mol. The Morgan fingerprint density at radius 1 is 0.952 bits per heavy atom. The van der Waals surface area contributed by atoms with Crippen LogP contribution in [0.25, 0.3) is 0 Å². The first kappa shape index (κ1) is 17.5. The van der Waals surface area contributed by atoms with Gasteiger partial charge in [0.1, 0.15) is 0 Å². The van der Waals surface area contributed by atoms with Gasteiger partial charge in [-0.25, -0.2) is 4.79 Å². The SMILES string of the molecule is CC(C)CN(CC(C)C)C(=O)Nc1ccc(C(C)C)cc1. The molecular weight excluding hydrogens is 260 g/mol. The molecule has 1 aromatic rings. The molecule has 0 atom stereocenters. The summed E-state index contributed by atoms with van der Waals surface area (Å²) in [4.78, 5) is 14.3. The Kier molecular flexibility index (Phi) is 6.73. The van der Waals surface area contributed by atoms with E-state index in [1.54, 1.807) is 0 Å². The number of benzene rings is 1. The topological polar surface area (TPSA) is 32.3 Å². The molecule has 0 aliphatic rings. The molecule has 3 heteroatoms. The fourth-order valence-electron chi connectivity index (χ4n) is 2.28. The van der Waals surface area contributed by atoms with Crippen LogP contribution in [-0.4, -0.2) is 24.0 Å². The highest BCUT2D eigenvalue weighted by Crippen LogP contribution is 2.17. The standard InChI is InChI=1S/C18H30N2O/c1-13(2)11-20(12-14(3)4)18(21)19-17-9-7-16(8-10-17)15(5)6/h7-10,13-15H,11-12H2,1-6H3,(H,19,21). The van der Waals surface area contributed by atoms with Gasteiger partial charge >= 0.3 is 6.03 Å². The molecule has 0 radical (unpaired) electrons. The number of nitrogens with one attached hydrogen (secondary N) is 1. The predicted molar refractivity (Wildman–Crippen MR) is 90.8 cm³/mol. The molecule has 0 aromatic heterocycles. The van der Waals surface area contributed by atoms with Crippen molar-refractivity contribution in [3.05, 3.63) is 29.8 Å². The Bertz CT molecular complexity index is 425. The van der Waals surface area contributed by atoms with E-state index in [1.807, 2.05) is 17.0 Å². The monoisotopic (exact) mass is 290 g/mol. The second kappa shape index (κ2) is 8.06. The molecule has 0 saturated heterocycles. The molecule has 0 aliphatic carbocycles. The minimum atomic E-state index is -0.00491. The molecule has 0 bridgehead atoms. The molecule has 1 rings (SSSR count). The van der Waals surface area contributed by atoms with Gasteiger partial charge in [-0.15, -0.1) is 0 Å². The highest BCUT2D eigenvalue weighted by Gasteiger charge is 2.16. The van der Waals surface area contributed by atoms with Crippen molar-refractivity contribution in [2.24, 2.45) is 11.8 Å². The number of urea groups is 1. The minimum Gasteiger partial charge on any atom is -0.324 e. The van der Waals surface area contributed by atoms with Crippen molar-refractivity contribution < 1.29 is 4.79 Å². The van der Waals surface area contributed by atoms with Crippen LogP contribution in [0.3, 0.4) is 0 Å². The Labute approximate surface area is 129 Å². The molecule has 0 unspecified atom stereocenters. The predicted octanol–water partition coefficient (Wildman–Crippen LogP) is 4.96. The van der Waals surface area contributed by atoms with Crippen LogP contribution in [0.5, 0.6) is 0 Å². The third-order valence-electron chi connectivity index (χ3n) is 3.29. The lowest BCUT2D eigenvalue weighted by atomic mass is 10.0. The summed E-state index contributed by atoms with van der Waals surface area (Å²) < 4.78 is 0. The van der Waals surface area contributed by atoms with Crippen LogP contribution < -0.4 is 5.32 Å².